The maximum atomic E-state index is 12.9. The molecular weight excluding hydrogens is 454 g/mol. The normalized spacial score (nSPS) is 17.9. The van der Waals surface area contributed by atoms with Crippen molar-refractivity contribution in [3.63, 3.8) is 0 Å². The van der Waals surface area contributed by atoms with E-state index in [1.165, 1.54) is 11.6 Å². The van der Waals surface area contributed by atoms with Crippen molar-refractivity contribution < 1.29 is 17.9 Å². The molecular formula is C24H27N5O4S. The fourth-order valence-corrected chi connectivity index (χ4v) is 5.55. The Morgan fingerprint density at radius 3 is 2.85 bits per heavy atom. The Hall–Kier alpha value is -3.40. The van der Waals surface area contributed by atoms with Gasteiger partial charge in [0, 0.05) is 30.6 Å². The van der Waals surface area contributed by atoms with Gasteiger partial charge in [0.1, 0.15) is 0 Å². The molecule has 2 aromatic heterocycles. The van der Waals surface area contributed by atoms with Crippen molar-refractivity contribution >= 4 is 21.7 Å². The van der Waals surface area contributed by atoms with Crippen LogP contribution in [0.3, 0.4) is 0 Å². The molecule has 2 N–H and O–H groups in total. The molecule has 1 aliphatic carbocycles. The number of nitrogens with one attached hydrogen (secondary N) is 2. The third kappa shape index (κ3) is 4.50. The van der Waals surface area contributed by atoms with Crippen LogP contribution in [0.2, 0.25) is 0 Å². The average Bonchev–Trinajstić information content (AvgIpc) is 3.45. The number of pyridine rings is 1. The molecule has 2 aliphatic rings. The number of carbonyl (C=O) groups excluding carboxylic acids is 1. The molecule has 0 saturated carbocycles. The summed E-state index contributed by atoms with van der Waals surface area (Å²) in [4.78, 5) is 17.3. The van der Waals surface area contributed by atoms with E-state index in [1.54, 1.807) is 17.1 Å². The second kappa shape index (κ2) is 9.09. The van der Waals surface area contributed by atoms with E-state index >= 15 is 0 Å². The first-order chi connectivity index (χ1) is 16.4. The van der Waals surface area contributed by atoms with Gasteiger partial charge in [-0.1, -0.05) is 6.07 Å². The summed E-state index contributed by atoms with van der Waals surface area (Å²) in [5.74, 6) is 0.521. The van der Waals surface area contributed by atoms with Gasteiger partial charge in [-0.2, -0.15) is 13.5 Å². The van der Waals surface area contributed by atoms with Crippen LogP contribution >= 0.6 is 0 Å². The number of hydrogen-bond acceptors (Lipinski definition) is 6. The van der Waals surface area contributed by atoms with Gasteiger partial charge in [0.15, 0.2) is 5.03 Å². The van der Waals surface area contributed by atoms with Gasteiger partial charge in [0.25, 0.3) is 10.0 Å². The molecule has 4 bridgehead atoms. The number of benzene rings is 1. The summed E-state index contributed by atoms with van der Waals surface area (Å²) in [6, 6.07) is 6.48. The number of urea groups is 1. The first-order valence-electron chi connectivity index (χ1n) is 11.5. The van der Waals surface area contributed by atoms with Gasteiger partial charge in [0.05, 0.1) is 12.3 Å². The zero-order valence-electron chi connectivity index (χ0n) is 19.0. The number of aromatic nitrogens is 3. The highest BCUT2D eigenvalue weighted by Gasteiger charge is 2.26. The molecule has 3 heterocycles. The molecule has 5 rings (SSSR count). The molecule has 34 heavy (non-hydrogen) atoms. The molecule has 1 aliphatic heterocycles. The van der Waals surface area contributed by atoms with E-state index in [9.17, 15) is 13.2 Å². The van der Waals surface area contributed by atoms with Crippen LogP contribution in [0.1, 0.15) is 42.4 Å². The summed E-state index contributed by atoms with van der Waals surface area (Å²) in [6.45, 7) is 3.10. The largest absolute Gasteiger partial charge is 0.478 e. The van der Waals surface area contributed by atoms with Crippen molar-refractivity contribution in [3.05, 3.63) is 53.3 Å². The van der Waals surface area contributed by atoms with Gasteiger partial charge in [-0.15, -0.1) is 0 Å². The molecule has 0 atom stereocenters. The highest BCUT2D eigenvalue weighted by atomic mass is 32.2. The lowest BCUT2D eigenvalue weighted by Gasteiger charge is -2.19. The topological polar surface area (TPSA) is 115 Å². The predicted octanol–water partition coefficient (Wildman–Crippen LogP) is 3.82. The number of aryl methyl sites for hydroxylation is 3. The Balaban J connectivity index is 1.58. The summed E-state index contributed by atoms with van der Waals surface area (Å²) in [5.41, 5.74) is 5.52. The van der Waals surface area contributed by atoms with Crippen molar-refractivity contribution in [1.29, 1.82) is 0 Å². The fourth-order valence-electron chi connectivity index (χ4n) is 4.70. The van der Waals surface area contributed by atoms with E-state index < -0.39 is 16.1 Å². The second-order valence-electron chi connectivity index (χ2n) is 8.70. The van der Waals surface area contributed by atoms with Gasteiger partial charge >= 0.3 is 6.03 Å². The van der Waals surface area contributed by atoms with E-state index in [2.05, 4.69) is 26.2 Å². The lowest BCUT2D eigenvalue weighted by Crippen LogP contribution is -2.35. The molecule has 9 nitrogen and oxygen atoms in total. The van der Waals surface area contributed by atoms with Crippen LogP contribution in [-0.2, 0) is 29.4 Å². The molecule has 0 saturated heterocycles. The standard InChI is InChI=1S/C24H27N5O4S/c1-16-14-17-6-5-7-19(17)23-22(16)18-8-10-25-20(15-18)33-13-4-2-3-11-29-12-9-21(27-29)34(31,32)28-24(30)26-23/h8-10,12,14-15H,2-7,11,13H2,1H3,(H2,26,28,30). The average molecular weight is 482 g/mol. The third-order valence-electron chi connectivity index (χ3n) is 6.26. The van der Waals surface area contributed by atoms with E-state index in [4.69, 9.17) is 4.74 Å². The summed E-state index contributed by atoms with van der Waals surface area (Å²) < 4.78 is 35.2. The van der Waals surface area contributed by atoms with Crippen LogP contribution in [0, 0.1) is 6.92 Å². The number of anilines is 1. The van der Waals surface area contributed by atoms with Crippen LogP contribution in [0.5, 0.6) is 5.88 Å². The molecule has 0 radical (unpaired) electrons. The minimum Gasteiger partial charge on any atom is -0.478 e. The molecule has 1 aromatic carbocycles. The fraction of sp³-hybridized carbons (Fsp3) is 0.375. The number of fused-ring (bicyclic) bond motifs is 8. The molecule has 0 fully saturated rings. The smallest absolute Gasteiger partial charge is 0.333 e. The lowest BCUT2D eigenvalue weighted by molar-refractivity contribution is 0.256. The van der Waals surface area contributed by atoms with Crippen molar-refractivity contribution in [2.75, 3.05) is 11.9 Å². The van der Waals surface area contributed by atoms with Crippen molar-refractivity contribution in [2.24, 2.45) is 0 Å². The van der Waals surface area contributed by atoms with E-state index in [0.29, 0.717) is 24.7 Å². The van der Waals surface area contributed by atoms with Crippen LogP contribution in [0.25, 0.3) is 11.1 Å². The lowest BCUT2D eigenvalue weighted by atomic mass is 9.93. The molecule has 0 spiro atoms. The zero-order valence-corrected chi connectivity index (χ0v) is 19.8. The Bertz CT molecular complexity index is 1350. The first-order valence-corrected chi connectivity index (χ1v) is 13.0. The Morgan fingerprint density at radius 1 is 1.09 bits per heavy atom. The quantitative estimate of drug-likeness (QED) is 0.504. The van der Waals surface area contributed by atoms with Crippen LogP contribution < -0.4 is 14.8 Å². The monoisotopic (exact) mass is 481 g/mol. The SMILES string of the molecule is Cc1cc2c(c3c1-c1ccnc(c1)OCCCCCn1ccc(n1)S(=O)(=O)NC(=O)N3)CCC2. The molecule has 178 valence electrons. The van der Waals surface area contributed by atoms with Crippen molar-refractivity contribution in [3.8, 4) is 17.0 Å². The summed E-state index contributed by atoms with van der Waals surface area (Å²) in [5, 5.41) is 6.81. The van der Waals surface area contributed by atoms with Gasteiger partial charge in [-0.3, -0.25) is 4.68 Å². The number of rotatable bonds is 0. The number of carbonyl (C=O) groups is 1. The molecule has 0 unspecified atom stereocenters. The Labute approximate surface area is 198 Å². The van der Waals surface area contributed by atoms with Gasteiger partial charge in [-0.05, 0) is 79.8 Å². The minimum atomic E-state index is -4.11. The van der Waals surface area contributed by atoms with E-state index in [1.807, 2.05) is 19.1 Å². The summed E-state index contributed by atoms with van der Waals surface area (Å²) in [6.07, 6.45) is 8.58. The van der Waals surface area contributed by atoms with Crippen LogP contribution in [0.4, 0.5) is 10.5 Å². The highest BCUT2D eigenvalue weighted by Crippen LogP contribution is 2.40. The van der Waals surface area contributed by atoms with Crippen molar-refractivity contribution in [2.45, 2.75) is 57.0 Å². The van der Waals surface area contributed by atoms with Gasteiger partial charge in [-0.25, -0.2) is 14.5 Å². The number of nitrogens with zero attached hydrogens (tertiary/aromatic N) is 3. The zero-order chi connectivity index (χ0) is 23.7. The maximum absolute atomic E-state index is 12.9. The summed E-state index contributed by atoms with van der Waals surface area (Å²) in [7, 11) is -4.11. The first kappa shape index (κ1) is 22.4. The maximum Gasteiger partial charge on any atom is 0.333 e. The minimum absolute atomic E-state index is 0.180. The van der Waals surface area contributed by atoms with Crippen molar-refractivity contribution in [1.82, 2.24) is 19.5 Å². The van der Waals surface area contributed by atoms with Crippen LogP contribution in [-0.4, -0.2) is 35.8 Å². The number of sulfonamides is 1. The molecule has 2 amide bonds. The van der Waals surface area contributed by atoms with Gasteiger partial charge < -0.3 is 10.1 Å². The number of hydrogen-bond donors (Lipinski definition) is 2. The number of amides is 2. The van der Waals surface area contributed by atoms with E-state index in [-0.39, 0.29) is 5.03 Å². The Morgan fingerprint density at radius 2 is 1.97 bits per heavy atom. The second-order valence-corrected chi connectivity index (χ2v) is 10.3. The highest BCUT2D eigenvalue weighted by molar-refractivity contribution is 7.90. The Kier molecular flexibility index (Phi) is 5.99. The number of ether oxygens (including phenoxy) is 1. The molecule has 10 heteroatoms. The van der Waals surface area contributed by atoms with Crippen LogP contribution in [0.15, 0.2) is 41.7 Å². The molecule has 3 aromatic rings. The van der Waals surface area contributed by atoms with Gasteiger partial charge in [0.2, 0.25) is 5.88 Å². The predicted molar refractivity (Wildman–Crippen MR) is 127 cm³/mol. The van der Waals surface area contributed by atoms with E-state index in [0.717, 1.165) is 60.8 Å². The summed E-state index contributed by atoms with van der Waals surface area (Å²) >= 11 is 0. The third-order valence-corrected chi connectivity index (χ3v) is 7.48.